The number of rotatable bonds is 0. The van der Waals surface area contributed by atoms with Crippen LogP contribution in [0.4, 0.5) is 8.78 Å². The Morgan fingerprint density at radius 1 is 0.591 bits per heavy atom. The quantitative estimate of drug-likeness (QED) is 0.413. The minimum absolute atomic E-state index is 0.0128. The average Bonchev–Trinajstić information content (AvgIpc) is 2.84. The van der Waals surface area contributed by atoms with Crippen LogP contribution in [-0.2, 0) is 0 Å². The molecule has 2 nitrogen and oxygen atoms in total. The molecule has 0 spiro atoms. The van der Waals surface area contributed by atoms with Crippen LogP contribution in [0, 0.1) is 11.6 Å². The number of para-hydroxylation sites is 2. The molecule has 3 aromatic carbocycles. The number of halogens is 2. The van der Waals surface area contributed by atoms with Gasteiger partial charge in [0.25, 0.3) is 0 Å². The van der Waals surface area contributed by atoms with Gasteiger partial charge in [0.2, 0.25) is 0 Å². The molecule has 1 heterocycles. The molecule has 0 saturated heterocycles. The lowest BCUT2D eigenvalue weighted by Crippen LogP contribution is -1.89. The van der Waals surface area contributed by atoms with Gasteiger partial charge in [-0.15, -0.1) is 0 Å². The van der Waals surface area contributed by atoms with Crippen molar-refractivity contribution in [2.75, 3.05) is 0 Å². The molecule has 22 heavy (non-hydrogen) atoms. The molecule has 1 aliphatic rings. The van der Waals surface area contributed by atoms with Gasteiger partial charge in [-0.25, -0.2) is 18.7 Å². The Morgan fingerprint density at radius 3 is 1.59 bits per heavy atom. The molecule has 0 bridgehead atoms. The molecule has 0 amide bonds. The van der Waals surface area contributed by atoms with E-state index < -0.39 is 11.6 Å². The highest BCUT2D eigenvalue weighted by Crippen LogP contribution is 2.46. The fraction of sp³-hybridized carbons (Fsp3) is 0. The van der Waals surface area contributed by atoms with Crippen LogP contribution in [0.5, 0.6) is 0 Å². The molecule has 5 rings (SSSR count). The summed E-state index contributed by atoms with van der Waals surface area (Å²) in [7, 11) is 0. The monoisotopic (exact) mass is 290 g/mol. The predicted molar refractivity (Wildman–Crippen MR) is 81.4 cm³/mol. The van der Waals surface area contributed by atoms with Crippen molar-refractivity contribution < 1.29 is 8.78 Å². The number of nitrogens with zero attached hydrogens (tertiary/aromatic N) is 2. The van der Waals surface area contributed by atoms with Crippen molar-refractivity contribution in [3.63, 3.8) is 0 Å². The summed E-state index contributed by atoms with van der Waals surface area (Å²) in [5.41, 5.74) is 4.38. The minimum atomic E-state index is -0.560. The van der Waals surface area contributed by atoms with Gasteiger partial charge in [0.15, 0.2) is 0 Å². The molecule has 0 N–H and O–H groups in total. The van der Waals surface area contributed by atoms with Gasteiger partial charge in [0.1, 0.15) is 11.6 Å². The first-order valence-electron chi connectivity index (χ1n) is 6.92. The molecule has 1 aromatic heterocycles. The molecule has 0 fully saturated rings. The van der Waals surface area contributed by atoms with Crippen LogP contribution < -0.4 is 0 Å². The normalized spacial score (nSPS) is 12.1. The van der Waals surface area contributed by atoms with Crippen molar-refractivity contribution in [2.24, 2.45) is 0 Å². The van der Waals surface area contributed by atoms with Crippen LogP contribution in [0.3, 0.4) is 0 Å². The van der Waals surface area contributed by atoms with E-state index in [2.05, 4.69) is 9.97 Å². The zero-order valence-electron chi connectivity index (χ0n) is 11.3. The summed E-state index contributed by atoms with van der Waals surface area (Å²) >= 11 is 0. The maximum absolute atomic E-state index is 14.1. The van der Waals surface area contributed by atoms with Gasteiger partial charge < -0.3 is 0 Å². The summed E-state index contributed by atoms with van der Waals surface area (Å²) < 4.78 is 28.1. The number of aromatic nitrogens is 2. The van der Waals surface area contributed by atoms with E-state index in [0.717, 1.165) is 22.2 Å². The number of hydrogen-bond acceptors (Lipinski definition) is 2. The fourth-order valence-electron chi connectivity index (χ4n) is 3.18. The molecule has 0 radical (unpaired) electrons. The fourth-order valence-corrected chi connectivity index (χ4v) is 3.18. The molecular formula is C18H8F2N2. The largest absolute Gasteiger partial charge is 0.244 e. The molecule has 1 aliphatic carbocycles. The molecule has 0 aliphatic heterocycles. The zero-order chi connectivity index (χ0) is 14.8. The van der Waals surface area contributed by atoms with E-state index in [1.54, 1.807) is 12.1 Å². The van der Waals surface area contributed by atoms with Gasteiger partial charge in [0, 0.05) is 16.5 Å². The van der Waals surface area contributed by atoms with Crippen LogP contribution in [0.2, 0.25) is 0 Å². The lowest BCUT2D eigenvalue weighted by Gasteiger charge is -2.03. The third-order valence-electron chi connectivity index (χ3n) is 4.14. The third kappa shape index (κ3) is 1.32. The average molecular weight is 290 g/mol. The zero-order valence-corrected chi connectivity index (χ0v) is 11.3. The van der Waals surface area contributed by atoms with Gasteiger partial charge >= 0.3 is 0 Å². The van der Waals surface area contributed by atoms with Crippen LogP contribution >= 0.6 is 0 Å². The van der Waals surface area contributed by atoms with Gasteiger partial charge in [-0.05, 0) is 36.4 Å². The molecule has 0 atom stereocenters. The molecule has 4 aromatic rings. The van der Waals surface area contributed by atoms with Gasteiger partial charge in [-0.1, -0.05) is 12.1 Å². The highest BCUT2D eigenvalue weighted by Gasteiger charge is 2.27. The first-order valence-corrected chi connectivity index (χ1v) is 6.92. The first kappa shape index (κ1) is 11.7. The van der Waals surface area contributed by atoms with Crippen molar-refractivity contribution in [2.45, 2.75) is 0 Å². The highest BCUT2D eigenvalue weighted by atomic mass is 19.1. The topological polar surface area (TPSA) is 25.8 Å². The maximum Gasteiger partial charge on any atom is 0.134 e. The minimum Gasteiger partial charge on any atom is -0.244 e. The van der Waals surface area contributed by atoms with E-state index >= 15 is 0 Å². The SMILES string of the molecule is Fc1ccc2c3c(ccc(F)c13)-c1nc3ccccc3nc1-2. The maximum atomic E-state index is 14.1. The third-order valence-corrected chi connectivity index (χ3v) is 4.14. The Bertz CT molecular complexity index is 1020. The Balaban J connectivity index is 2.02. The van der Waals surface area contributed by atoms with Crippen LogP contribution in [0.25, 0.3) is 44.3 Å². The second-order valence-electron chi connectivity index (χ2n) is 5.35. The Morgan fingerprint density at radius 2 is 1.09 bits per heavy atom. The Hall–Kier alpha value is -2.88. The predicted octanol–water partition coefficient (Wildman–Crippen LogP) is 4.71. The van der Waals surface area contributed by atoms with Crippen molar-refractivity contribution >= 4 is 21.8 Å². The van der Waals surface area contributed by atoms with E-state index in [1.165, 1.54) is 12.1 Å². The lowest BCUT2D eigenvalue weighted by molar-refractivity contribution is 0.608. The van der Waals surface area contributed by atoms with Crippen molar-refractivity contribution in [1.29, 1.82) is 0 Å². The molecule has 0 unspecified atom stereocenters. The second kappa shape index (κ2) is 3.85. The highest BCUT2D eigenvalue weighted by molar-refractivity contribution is 6.14. The summed E-state index contributed by atoms with van der Waals surface area (Å²) in [5, 5.41) is 0.573. The summed E-state index contributed by atoms with van der Waals surface area (Å²) in [4.78, 5) is 9.29. The van der Waals surface area contributed by atoms with Crippen molar-refractivity contribution in [3.05, 3.63) is 60.2 Å². The van der Waals surface area contributed by atoms with Crippen LogP contribution in [0.15, 0.2) is 48.5 Å². The lowest BCUT2D eigenvalue weighted by atomic mass is 10.0. The second-order valence-corrected chi connectivity index (χ2v) is 5.35. The number of hydrogen-bond donors (Lipinski definition) is 0. The van der Waals surface area contributed by atoms with E-state index in [1.807, 2.05) is 24.3 Å². The Kier molecular flexibility index (Phi) is 2.06. The van der Waals surface area contributed by atoms with Gasteiger partial charge in [-0.2, -0.15) is 0 Å². The Labute approximate surface area is 124 Å². The number of fused-ring (bicyclic) bond motifs is 4. The standard InChI is InChI=1S/C18H8F2N2/c19-11-7-5-9-15-10(6-8-12(20)16(11)15)18-17(9)21-13-3-1-2-4-14(13)22-18/h1-8H. The summed E-state index contributed by atoms with van der Waals surface area (Å²) in [6.07, 6.45) is 0. The summed E-state index contributed by atoms with van der Waals surface area (Å²) in [6.45, 7) is 0. The molecule has 4 heteroatoms. The summed E-state index contributed by atoms with van der Waals surface area (Å²) in [5.74, 6) is -1.12. The van der Waals surface area contributed by atoms with Crippen LogP contribution in [0.1, 0.15) is 0 Å². The number of benzene rings is 3. The first-order chi connectivity index (χ1) is 10.7. The molecule has 104 valence electrons. The van der Waals surface area contributed by atoms with E-state index in [4.69, 9.17) is 0 Å². The smallest absolute Gasteiger partial charge is 0.134 e. The van der Waals surface area contributed by atoms with Crippen molar-refractivity contribution in [3.8, 4) is 22.5 Å². The van der Waals surface area contributed by atoms with E-state index in [-0.39, 0.29) is 5.39 Å². The summed E-state index contributed by atoms with van der Waals surface area (Å²) in [6, 6.07) is 13.4. The van der Waals surface area contributed by atoms with Gasteiger partial charge in [-0.3, -0.25) is 0 Å². The van der Waals surface area contributed by atoms with E-state index in [9.17, 15) is 8.78 Å². The van der Waals surface area contributed by atoms with Crippen LogP contribution in [-0.4, -0.2) is 9.97 Å². The molecule has 0 saturated carbocycles. The van der Waals surface area contributed by atoms with Crippen molar-refractivity contribution in [1.82, 2.24) is 9.97 Å². The van der Waals surface area contributed by atoms with E-state index in [0.29, 0.717) is 16.8 Å². The van der Waals surface area contributed by atoms with Gasteiger partial charge in [0.05, 0.1) is 27.8 Å². The molecular weight excluding hydrogens is 282 g/mol.